The van der Waals surface area contributed by atoms with Gasteiger partial charge in [0.25, 0.3) is 0 Å². The third-order valence-corrected chi connectivity index (χ3v) is 6.19. The van der Waals surface area contributed by atoms with Crippen LogP contribution in [0.2, 0.25) is 5.02 Å². The van der Waals surface area contributed by atoms with E-state index in [2.05, 4.69) is 12.2 Å². The van der Waals surface area contributed by atoms with Crippen LogP contribution in [0.25, 0.3) is 0 Å². The molecule has 27 heavy (non-hydrogen) atoms. The van der Waals surface area contributed by atoms with Crippen LogP contribution in [0.5, 0.6) is 11.5 Å². The molecule has 5 rings (SSSR count). The van der Waals surface area contributed by atoms with E-state index in [0.717, 1.165) is 12.0 Å². The molecular formula is C22H18ClNO3. The first-order chi connectivity index (χ1) is 13.0. The zero-order valence-electron chi connectivity index (χ0n) is 14.8. The molecule has 0 radical (unpaired) electrons. The molecule has 4 nitrogen and oxygen atoms in total. The summed E-state index contributed by atoms with van der Waals surface area (Å²) < 4.78 is 5.82. The van der Waals surface area contributed by atoms with Crippen molar-refractivity contribution in [2.75, 3.05) is 4.90 Å². The largest absolute Gasteiger partial charge is 0.456 e. The fourth-order valence-electron chi connectivity index (χ4n) is 4.60. The Balaban J connectivity index is 1.42. The van der Waals surface area contributed by atoms with Crippen LogP contribution >= 0.6 is 11.6 Å². The average Bonchev–Trinajstić information content (AvgIpc) is 3.33. The van der Waals surface area contributed by atoms with Gasteiger partial charge in [-0.1, -0.05) is 41.4 Å². The smallest absolute Gasteiger partial charge is 0.238 e. The number of hydrogen-bond acceptors (Lipinski definition) is 3. The number of amides is 2. The Labute approximate surface area is 162 Å². The van der Waals surface area contributed by atoms with Crippen LogP contribution in [0.15, 0.2) is 54.6 Å². The molecule has 2 aliphatic carbocycles. The molecule has 2 bridgehead atoms. The van der Waals surface area contributed by atoms with Gasteiger partial charge in [0.05, 0.1) is 22.5 Å². The number of nitrogens with zero attached hydrogens (tertiary/aromatic N) is 1. The highest BCUT2D eigenvalue weighted by atomic mass is 35.5. The normalized spacial score (nSPS) is 28.1. The van der Waals surface area contributed by atoms with Crippen LogP contribution in [0.3, 0.4) is 0 Å². The molecule has 0 N–H and O–H groups in total. The van der Waals surface area contributed by atoms with Crippen molar-refractivity contribution in [2.24, 2.45) is 23.7 Å². The van der Waals surface area contributed by atoms with Crippen LogP contribution in [-0.4, -0.2) is 11.8 Å². The lowest BCUT2D eigenvalue weighted by Crippen LogP contribution is -2.32. The Hall–Kier alpha value is -2.59. The number of allylic oxidation sites excluding steroid dienone is 2. The summed E-state index contributed by atoms with van der Waals surface area (Å²) in [4.78, 5) is 27.1. The summed E-state index contributed by atoms with van der Waals surface area (Å²) in [7, 11) is 0. The molecule has 2 aromatic rings. The molecule has 2 amide bonds. The van der Waals surface area contributed by atoms with Crippen LogP contribution in [0.4, 0.5) is 5.69 Å². The number of aryl methyl sites for hydroxylation is 1. The third kappa shape index (κ3) is 2.51. The first kappa shape index (κ1) is 16.6. The molecule has 1 saturated heterocycles. The minimum Gasteiger partial charge on any atom is -0.456 e. The molecule has 136 valence electrons. The zero-order valence-corrected chi connectivity index (χ0v) is 15.5. The lowest BCUT2D eigenvalue weighted by Gasteiger charge is -2.18. The van der Waals surface area contributed by atoms with Gasteiger partial charge in [-0.05, 0) is 55.5 Å². The van der Waals surface area contributed by atoms with E-state index in [1.165, 1.54) is 4.90 Å². The Morgan fingerprint density at radius 2 is 1.59 bits per heavy atom. The van der Waals surface area contributed by atoms with E-state index in [1.807, 2.05) is 31.2 Å². The minimum atomic E-state index is -0.213. The zero-order chi connectivity index (χ0) is 18.7. The van der Waals surface area contributed by atoms with Crippen molar-refractivity contribution in [3.05, 3.63) is 65.2 Å². The fraction of sp³-hybridized carbons (Fsp3) is 0.273. The van der Waals surface area contributed by atoms with Gasteiger partial charge >= 0.3 is 0 Å². The maximum Gasteiger partial charge on any atom is 0.238 e. The SMILES string of the molecule is Cc1ccc(Oc2ccc(N3C(=O)[C@@H]4[C@H](C3=O)[C@H]3C=C[C@H]4C3)cc2Cl)cc1. The molecule has 0 unspecified atom stereocenters. The highest BCUT2D eigenvalue weighted by Crippen LogP contribution is 2.53. The number of halogens is 1. The number of benzene rings is 2. The molecule has 2 aromatic carbocycles. The summed E-state index contributed by atoms with van der Waals surface area (Å²) in [5.74, 6) is 0.924. The van der Waals surface area contributed by atoms with Crippen molar-refractivity contribution < 1.29 is 14.3 Å². The predicted octanol–water partition coefficient (Wildman–Crippen LogP) is 4.75. The Morgan fingerprint density at radius 3 is 2.19 bits per heavy atom. The molecule has 2 fully saturated rings. The van der Waals surface area contributed by atoms with Crippen molar-refractivity contribution in [1.82, 2.24) is 0 Å². The van der Waals surface area contributed by atoms with Crippen molar-refractivity contribution in [2.45, 2.75) is 13.3 Å². The first-order valence-corrected chi connectivity index (χ1v) is 9.51. The molecule has 0 spiro atoms. The molecule has 4 atom stereocenters. The average molecular weight is 380 g/mol. The van der Waals surface area contributed by atoms with Crippen LogP contribution in [0.1, 0.15) is 12.0 Å². The first-order valence-electron chi connectivity index (χ1n) is 9.13. The van der Waals surface area contributed by atoms with E-state index in [4.69, 9.17) is 16.3 Å². The molecule has 1 aliphatic heterocycles. The molecule has 0 aromatic heterocycles. The van der Waals surface area contributed by atoms with Crippen molar-refractivity contribution in [1.29, 1.82) is 0 Å². The predicted molar refractivity (Wildman–Crippen MR) is 103 cm³/mol. The van der Waals surface area contributed by atoms with Gasteiger partial charge in [0.15, 0.2) is 0 Å². The Kier molecular flexibility index (Phi) is 3.66. The summed E-state index contributed by atoms with van der Waals surface area (Å²) in [6.45, 7) is 2.01. The van der Waals surface area contributed by atoms with Crippen molar-refractivity contribution >= 4 is 29.1 Å². The highest BCUT2D eigenvalue weighted by molar-refractivity contribution is 6.33. The maximum absolute atomic E-state index is 12.9. The summed E-state index contributed by atoms with van der Waals surface area (Å²) >= 11 is 6.39. The molecule has 1 saturated carbocycles. The number of carbonyl (C=O) groups is 2. The van der Waals surface area contributed by atoms with Gasteiger partial charge in [0.2, 0.25) is 11.8 Å². The number of imide groups is 1. The van der Waals surface area contributed by atoms with Crippen LogP contribution in [-0.2, 0) is 9.59 Å². The molecule has 3 aliphatic rings. The van der Waals surface area contributed by atoms with Gasteiger partial charge in [-0.3, -0.25) is 9.59 Å². The summed E-state index contributed by atoms with van der Waals surface area (Å²) in [6, 6.07) is 12.7. The second-order valence-electron chi connectivity index (χ2n) is 7.54. The van der Waals surface area contributed by atoms with Crippen LogP contribution < -0.4 is 9.64 Å². The minimum absolute atomic E-state index is 0.106. The van der Waals surface area contributed by atoms with E-state index >= 15 is 0 Å². The lowest BCUT2D eigenvalue weighted by atomic mass is 9.85. The molecule has 5 heteroatoms. The number of ether oxygens (including phenoxy) is 1. The molecule has 1 heterocycles. The van der Waals surface area contributed by atoms with Gasteiger partial charge in [0, 0.05) is 0 Å². The van der Waals surface area contributed by atoms with Gasteiger partial charge in [-0.25, -0.2) is 4.90 Å². The monoisotopic (exact) mass is 379 g/mol. The van der Waals surface area contributed by atoms with Gasteiger partial charge in [-0.15, -0.1) is 0 Å². The van der Waals surface area contributed by atoms with E-state index in [9.17, 15) is 9.59 Å². The van der Waals surface area contributed by atoms with Gasteiger partial charge in [0.1, 0.15) is 11.5 Å². The van der Waals surface area contributed by atoms with Gasteiger partial charge < -0.3 is 4.74 Å². The topological polar surface area (TPSA) is 46.6 Å². The second kappa shape index (κ2) is 5.96. The highest BCUT2D eigenvalue weighted by Gasteiger charge is 2.59. The Bertz CT molecular complexity index is 952. The van der Waals surface area contributed by atoms with E-state index in [-0.39, 0.29) is 35.5 Å². The van der Waals surface area contributed by atoms with Gasteiger partial charge in [-0.2, -0.15) is 0 Å². The lowest BCUT2D eigenvalue weighted by molar-refractivity contribution is -0.123. The number of rotatable bonds is 3. The number of carbonyl (C=O) groups excluding carboxylic acids is 2. The van der Waals surface area contributed by atoms with Crippen molar-refractivity contribution in [3.8, 4) is 11.5 Å². The molecular weight excluding hydrogens is 362 g/mol. The summed E-state index contributed by atoms with van der Waals surface area (Å²) in [6.07, 6.45) is 5.10. The summed E-state index contributed by atoms with van der Waals surface area (Å²) in [5.41, 5.74) is 1.66. The quantitative estimate of drug-likeness (QED) is 0.571. The number of hydrogen-bond donors (Lipinski definition) is 0. The second-order valence-corrected chi connectivity index (χ2v) is 7.95. The number of anilines is 1. The number of fused-ring (bicyclic) bond motifs is 5. The van der Waals surface area contributed by atoms with Crippen LogP contribution in [0, 0.1) is 30.6 Å². The fourth-order valence-corrected chi connectivity index (χ4v) is 4.82. The maximum atomic E-state index is 12.9. The standard InChI is InChI=1S/C22H18ClNO3/c1-12-2-7-16(8-3-12)27-18-9-6-15(11-17(18)23)24-21(25)19-13-4-5-14(10-13)20(19)22(24)26/h2-9,11,13-14,19-20H,10H2,1H3/t13-,14-,19-,20+/m0/s1. The van der Waals surface area contributed by atoms with E-state index in [0.29, 0.717) is 22.2 Å². The third-order valence-electron chi connectivity index (χ3n) is 5.89. The van der Waals surface area contributed by atoms with Crippen molar-refractivity contribution in [3.63, 3.8) is 0 Å². The summed E-state index contributed by atoms with van der Waals surface area (Å²) in [5, 5.41) is 0.367. The Morgan fingerprint density at radius 1 is 0.963 bits per heavy atom. The van der Waals surface area contributed by atoms with E-state index < -0.39 is 0 Å². The van der Waals surface area contributed by atoms with E-state index in [1.54, 1.807) is 18.2 Å².